The Hall–Kier alpha value is -0.219. The second-order valence-electron chi connectivity index (χ2n) is 7.75. The fourth-order valence-corrected chi connectivity index (χ4v) is 14.5. The van der Waals surface area contributed by atoms with E-state index in [1.165, 1.54) is 6.08 Å². The molecule has 0 aromatic carbocycles. The summed E-state index contributed by atoms with van der Waals surface area (Å²) >= 11 is 0. The minimum absolute atomic E-state index is 0.255. The maximum Gasteiger partial charge on any atom is 0.356 e. The van der Waals surface area contributed by atoms with E-state index in [0.29, 0.717) is 5.92 Å². The Labute approximate surface area is 133 Å². The van der Waals surface area contributed by atoms with Crippen molar-refractivity contribution in [1.29, 1.82) is 0 Å². The SMILES string of the molecule is C=CC(=O)OC[Si](CC(C)C)(O[Si](C)(C)C)O[Si](C)(C)C. The van der Waals surface area contributed by atoms with E-state index in [9.17, 15) is 4.79 Å². The molecule has 0 aromatic heterocycles. The zero-order valence-corrected chi connectivity index (χ0v) is 17.9. The van der Waals surface area contributed by atoms with Crippen LogP contribution in [0.3, 0.4) is 0 Å². The van der Waals surface area contributed by atoms with Gasteiger partial charge >= 0.3 is 14.5 Å². The second kappa shape index (κ2) is 7.87. The number of rotatable bonds is 9. The highest BCUT2D eigenvalue weighted by Crippen LogP contribution is 2.28. The van der Waals surface area contributed by atoms with E-state index in [0.717, 1.165) is 6.04 Å². The first-order valence-electron chi connectivity index (χ1n) is 7.48. The van der Waals surface area contributed by atoms with Gasteiger partial charge in [-0.2, -0.15) is 0 Å². The van der Waals surface area contributed by atoms with Gasteiger partial charge in [-0.15, -0.1) is 0 Å². The number of ether oxygens (including phenoxy) is 1. The highest BCUT2D eigenvalue weighted by molar-refractivity contribution is 6.88. The molecule has 0 aliphatic carbocycles. The molecule has 0 aliphatic rings. The fourth-order valence-electron chi connectivity index (χ4n) is 2.20. The van der Waals surface area contributed by atoms with Gasteiger partial charge in [0.2, 0.25) is 0 Å². The van der Waals surface area contributed by atoms with E-state index in [2.05, 4.69) is 59.7 Å². The smallest absolute Gasteiger partial charge is 0.356 e. The molecule has 0 fully saturated rings. The molecule has 0 bridgehead atoms. The number of carbonyl (C=O) groups excluding carboxylic acids is 1. The van der Waals surface area contributed by atoms with Crippen LogP contribution in [-0.4, -0.2) is 37.4 Å². The third-order valence-corrected chi connectivity index (χ3v) is 12.2. The van der Waals surface area contributed by atoms with Crippen LogP contribution in [-0.2, 0) is 17.8 Å². The molecule has 7 heteroatoms. The minimum atomic E-state index is -2.58. The van der Waals surface area contributed by atoms with Crippen LogP contribution in [0.5, 0.6) is 0 Å². The van der Waals surface area contributed by atoms with Crippen molar-refractivity contribution in [3.63, 3.8) is 0 Å². The van der Waals surface area contributed by atoms with Crippen molar-refractivity contribution < 1.29 is 17.8 Å². The predicted octanol–water partition coefficient (Wildman–Crippen LogP) is 4.06. The van der Waals surface area contributed by atoms with E-state index in [1.807, 2.05) is 0 Å². The maximum absolute atomic E-state index is 11.5. The lowest BCUT2D eigenvalue weighted by Crippen LogP contribution is -2.58. The predicted molar refractivity (Wildman–Crippen MR) is 95.4 cm³/mol. The first-order chi connectivity index (χ1) is 9.29. The van der Waals surface area contributed by atoms with Gasteiger partial charge < -0.3 is 13.0 Å². The number of hydrogen-bond acceptors (Lipinski definition) is 4. The van der Waals surface area contributed by atoms with Crippen LogP contribution in [0, 0.1) is 5.92 Å². The van der Waals surface area contributed by atoms with Gasteiger partial charge in [-0.1, -0.05) is 20.4 Å². The summed E-state index contributed by atoms with van der Waals surface area (Å²) in [6, 6.07) is 0.839. The lowest BCUT2D eigenvalue weighted by Gasteiger charge is -2.41. The van der Waals surface area contributed by atoms with Crippen molar-refractivity contribution in [3.8, 4) is 0 Å². The van der Waals surface area contributed by atoms with E-state index < -0.39 is 31.2 Å². The molecule has 0 spiro atoms. The Balaban J connectivity index is 5.37. The zero-order valence-electron chi connectivity index (χ0n) is 14.9. The molecule has 0 rings (SSSR count). The third-order valence-electron chi connectivity index (χ3n) is 2.30. The minimum Gasteiger partial charge on any atom is -0.461 e. The topological polar surface area (TPSA) is 44.8 Å². The molecule has 21 heavy (non-hydrogen) atoms. The Morgan fingerprint density at radius 2 is 1.48 bits per heavy atom. The van der Waals surface area contributed by atoms with Gasteiger partial charge in [0.05, 0.1) is 0 Å². The van der Waals surface area contributed by atoms with Crippen molar-refractivity contribution in [2.45, 2.75) is 59.2 Å². The molecule has 0 N–H and O–H groups in total. The first-order valence-corrected chi connectivity index (χ1v) is 16.5. The van der Waals surface area contributed by atoms with E-state index in [1.54, 1.807) is 0 Å². The highest BCUT2D eigenvalue weighted by Gasteiger charge is 2.46. The average Bonchev–Trinajstić information content (AvgIpc) is 2.19. The Bertz CT molecular complexity index is 340. The molecule has 0 saturated carbocycles. The molecular formula is C14H32O4Si3. The highest BCUT2D eigenvalue weighted by atomic mass is 28.5. The summed E-state index contributed by atoms with van der Waals surface area (Å²) in [5.74, 6) is 0.0285. The summed E-state index contributed by atoms with van der Waals surface area (Å²) < 4.78 is 18.3. The lowest BCUT2D eigenvalue weighted by molar-refractivity contribution is -0.136. The zero-order chi connectivity index (χ0) is 16.9. The van der Waals surface area contributed by atoms with E-state index in [-0.39, 0.29) is 6.23 Å². The summed E-state index contributed by atoms with van der Waals surface area (Å²) in [6.45, 7) is 20.7. The molecule has 0 aliphatic heterocycles. The van der Waals surface area contributed by atoms with Crippen LogP contribution in [0.2, 0.25) is 45.3 Å². The normalized spacial score (nSPS) is 13.4. The van der Waals surface area contributed by atoms with Crippen LogP contribution >= 0.6 is 0 Å². The molecular weight excluding hydrogens is 316 g/mol. The van der Waals surface area contributed by atoms with Crippen molar-refractivity contribution in [2.24, 2.45) is 5.92 Å². The molecule has 0 unspecified atom stereocenters. The lowest BCUT2D eigenvalue weighted by atomic mass is 10.3. The van der Waals surface area contributed by atoms with Gasteiger partial charge in [-0.25, -0.2) is 4.79 Å². The summed E-state index contributed by atoms with van der Waals surface area (Å²) in [6.07, 6.45) is 1.45. The molecule has 0 radical (unpaired) electrons. The summed E-state index contributed by atoms with van der Waals surface area (Å²) in [4.78, 5) is 11.5. The van der Waals surface area contributed by atoms with Crippen LogP contribution in [0.1, 0.15) is 13.8 Å². The van der Waals surface area contributed by atoms with Crippen molar-refractivity contribution in [1.82, 2.24) is 0 Å². The van der Waals surface area contributed by atoms with Gasteiger partial charge in [-0.05, 0) is 51.2 Å². The standard InChI is InChI=1S/C14H32O4Si3/c1-10-14(15)16-12-21(11-13(2)3,17-19(4,5)6)18-20(7,8)9/h10,13H,1,11-12H2,2-9H3. The van der Waals surface area contributed by atoms with Gasteiger partial charge in [-0.3, -0.25) is 0 Å². The van der Waals surface area contributed by atoms with Gasteiger partial charge in [0.25, 0.3) is 0 Å². The number of carbonyl (C=O) groups is 1. The maximum atomic E-state index is 11.5. The molecule has 0 amide bonds. The molecule has 0 aromatic rings. The van der Waals surface area contributed by atoms with Gasteiger partial charge in [0.15, 0.2) is 16.6 Å². The number of hydrogen-bond donors (Lipinski definition) is 0. The van der Waals surface area contributed by atoms with Crippen molar-refractivity contribution in [3.05, 3.63) is 12.7 Å². The van der Waals surface area contributed by atoms with Crippen molar-refractivity contribution >= 4 is 31.2 Å². The fraction of sp³-hybridized carbons (Fsp3) is 0.786. The summed E-state index contributed by atoms with van der Waals surface area (Å²) in [5.41, 5.74) is 0. The molecule has 0 heterocycles. The van der Waals surface area contributed by atoms with E-state index in [4.69, 9.17) is 13.0 Å². The second-order valence-corrected chi connectivity index (χ2v) is 20.4. The van der Waals surface area contributed by atoms with Crippen LogP contribution in [0.15, 0.2) is 12.7 Å². The third kappa shape index (κ3) is 10.2. The van der Waals surface area contributed by atoms with E-state index >= 15 is 0 Å². The summed E-state index contributed by atoms with van der Waals surface area (Å²) in [5, 5.41) is 0. The Kier molecular flexibility index (Phi) is 7.78. The van der Waals surface area contributed by atoms with Crippen LogP contribution in [0.4, 0.5) is 0 Å². The number of esters is 1. The largest absolute Gasteiger partial charge is 0.461 e. The Morgan fingerprint density at radius 1 is 1.05 bits per heavy atom. The molecule has 0 saturated heterocycles. The quantitative estimate of drug-likeness (QED) is 0.358. The molecule has 4 nitrogen and oxygen atoms in total. The molecule has 0 atom stereocenters. The van der Waals surface area contributed by atoms with Crippen LogP contribution < -0.4 is 0 Å². The summed E-state index contributed by atoms with van der Waals surface area (Å²) in [7, 11) is -6.18. The Morgan fingerprint density at radius 3 is 1.76 bits per heavy atom. The molecule has 124 valence electrons. The van der Waals surface area contributed by atoms with Gasteiger partial charge in [0.1, 0.15) is 6.23 Å². The van der Waals surface area contributed by atoms with Crippen LogP contribution in [0.25, 0.3) is 0 Å². The first kappa shape index (κ1) is 20.8. The van der Waals surface area contributed by atoms with Crippen molar-refractivity contribution in [2.75, 3.05) is 6.23 Å². The van der Waals surface area contributed by atoms with Gasteiger partial charge in [0, 0.05) is 6.08 Å². The monoisotopic (exact) mass is 348 g/mol. The average molecular weight is 349 g/mol.